The number of hydrogen-bond donors (Lipinski definition) is 1. The van der Waals surface area contributed by atoms with Crippen molar-refractivity contribution in [3.8, 4) is 0 Å². The van der Waals surface area contributed by atoms with Crippen molar-refractivity contribution < 1.29 is 14.3 Å². The average molecular weight is 341 g/mol. The Morgan fingerprint density at radius 3 is 2.60 bits per heavy atom. The van der Waals surface area contributed by atoms with Crippen LogP contribution in [0, 0.1) is 6.92 Å². The standard InChI is InChI=1S/C19H23N3O3/c1-13-4-5-14-12-16(20-15(14)11-13)18(23)21-6-8-22(9-7-21)19(24)17-3-2-10-25-17/h4-5,11-12,17,20H,2-3,6-10H2,1H3. The van der Waals surface area contributed by atoms with E-state index in [0.29, 0.717) is 38.5 Å². The molecule has 6 nitrogen and oxygen atoms in total. The van der Waals surface area contributed by atoms with E-state index in [4.69, 9.17) is 4.74 Å². The van der Waals surface area contributed by atoms with Gasteiger partial charge in [0.05, 0.1) is 0 Å². The maximum absolute atomic E-state index is 12.8. The lowest BCUT2D eigenvalue weighted by molar-refractivity contribution is -0.142. The number of rotatable bonds is 2. The van der Waals surface area contributed by atoms with Gasteiger partial charge in [0.1, 0.15) is 11.8 Å². The van der Waals surface area contributed by atoms with Crippen molar-refractivity contribution in [2.24, 2.45) is 0 Å². The number of ether oxygens (including phenoxy) is 1. The molecular formula is C19H23N3O3. The molecule has 1 unspecified atom stereocenters. The van der Waals surface area contributed by atoms with E-state index in [1.165, 1.54) is 0 Å². The number of fused-ring (bicyclic) bond motifs is 1. The Kier molecular flexibility index (Phi) is 4.21. The molecule has 0 bridgehead atoms. The van der Waals surface area contributed by atoms with Gasteiger partial charge in [0.2, 0.25) is 0 Å². The largest absolute Gasteiger partial charge is 0.368 e. The van der Waals surface area contributed by atoms with Crippen molar-refractivity contribution in [2.45, 2.75) is 25.9 Å². The summed E-state index contributed by atoms with van der Waals surface area (Å²) < 4.78 is 5.48. The van der Waals surface area contributed by atoms with Crippen LogP contribution in [0.1, 0.15) is 28.9 Å². The average Bonchev–Trinajstić information content (AvgIpc) is 3.30. The van der Waals surface area contributed by atoms with Crippen LogP contribution in [0.5, 0.6) is 0 Å². The molecule has 2 aliphatic rings. The van der Waals surface area contributed by atoms with E-state index < -0.39 is 0 Å². The van der Waals surface area contributed by atoms with Crippen LogP contribution in [0.2, 0.25) is 0 Å². The number of nitrogens with zero attached hydrogens (tertiary/aromatic N) is 2. The molecule has 1 atom stereocenters. The van der Waals surface area contributed by atoms with Gasteiger partial charge in [0.15, 0.2) is 0 Å². The molecule has 2 aliphatic heterocycles. The molecule has 4 rings (SSSR count). The number of H-pyrrole nitrogens is 1. The zero-order valence-electron chi connectivity index (χ0n) is 14.5. The Morgan fingerprint density at radius 1 is 1.12 bits per heavy atom. The number of hydrogen-bond acceptors (Lipinski definition) is 3. The minimum absolute atomic E-state index is 0.00179. The van der Waals surface area contributed by atoms with E-state index in [2.05, 4.69) is 4.98 Å². The molecule has 132 valence electrons. The predicted octanol–water partition coefficient (Wildman–Crippen LogP) is 1.94. The van der Waals surface area contributed by atoms with Crippen LogP contribution in [0.25, 0.3) is 10.9 Å². The van der Waals surface area contributed by atoms with Gasteiger partial charge in [0.25, 0.3) is 11.8 Å². The molecule has 2 fully saturated rings. The molecule has 25 heavy (non-hydrogen) atoms. The maximum atomic E-state index is 12.8. The molecule has 6 heteroatoms. The highest BCUT2D eigenvalue weighted by molar-refractivity contribution is 5.98. The van der Waals surface area contributed by atoms with E-state index in [1.807, 2.05) is 41.0 Å². The smallest absolute Gasteiger partial charge is 0.270 e. The number of aromatic amines is 1. The third-order valence-corrected chi connectivity index (χ3v) is 5.09. The van der Waals surface area contributed by atoms with Gasteiger partial charge in [-0.2, -0.15) is 0 Å². The number of nitrogens with one attached hydrogen (secondary N) is 1. The van der Waals surface area contributed by atoms with Gasteiger partial charge in [-0.3, -0.25) is 9.59 Å². The summed E-state index contributed by atoms with van der Waals surface area (Å²) in [4.78, 5) is 32.0. The first kappa shape index (κ1) is 16.1. The number of piperazine rings is 1. The number of carbonyl (C=O) groups excluding carboxylic acids is 2. The topological polar surface area (TPSA) is 65.6 Å². The Hall–Kier alpha value is -2.34. The molecule has 2 saturated heterocycles. The fourth-order valence-electron chi connectivity index (χ4n) is 3.63. The second-order valence-corrected chi connectivity index (χ2v) is 6.89. The SMILES string of the molecule is Cc1ccc2cc(C(=O)N3CCN(C(=O)C4CCCO4)CC3)[nH]c2c1. The molecule has 1 N–H and O–H groups in total. The molecule has 2 aromatic rings. The van der Waals surface area contributed by atoms with Crippen LogP contribution < -0.4 is 0 Å². The van der Waals surface area contributed by atoms with E-state index >= 15 is 0 Å². The zero-order valence-corrected chi connectivity index (χ0v) is 14.5. The van der Waals surface area contributed by atoms with Crippen molar-refractivity contribution in [1.29, 1.82) is 0 Å². The first-order valence-electron chi connectivity index (χ1n) is 8.91. The fraction of sp³-hybridized carbons (Fsp3) is 0.474. The molecule has 0 saturated carbocycles. The predicted molar refractivity (Wildman–Crippen MR) is 94.5 cm³/mol. The monoisotopic (exact) mass is 341 g/mol. The van der Waals surface area contributed by atoms with Crippen LogP contribution in [-0.2, 0) is 9.53 Å². The summed E-state index contributed by atoms with van der Waals surface area (Å²) in [5.41, 5.74) is 2.75. The van der Waals surface area contributed by atoms with Gasteiger partial charge in [0, 0.05) is 43.7 Å². The first-order chi connectivity index (χ1) is 12.1. The van der Waals surface area contributed by atoms with Gasteiger partial charge in [-0.15, -0.1) is 0 Å². The second kappa shape index (κ2) is 6.52. The summed E-state index contributed by atoms with van der Waals surface area (Å²) in [7, 11) is 0. The van der Waals surface area contributed by atoms with Crippen LogP contribution >= 0.6 is 0 Å². The Bertz CT molecular complexity index is 799. The third-order valence-electron chi connectivity index (χ3n) is 5.09. The number of aromatic nitrogens is 1. The molecule has 0 radical (unpaired) electrons. The number of aryl methyl sites for hydroxylation is 1. The summed E-state index contributed by atoms with van der Waals surface area (Å²) >= 11 is 0. The molecule has 1 aromatic carbocycles. The highest BCUT2D eigenvalue weighted by atomic mass is 16.5. The molecule has 2 amide bonds. The van der Waals surface area contributed by atoms with Crippen LogP contribution in [-0.4, -0.2) is 65.5 Å². The normalized spacial score (nSPS) is 21.1. The van der Waals surface area contributed by atoms with Crippen molar-refractivity contribution in [2.75, 3.05) is 32.8 Å². The molecular weight excluding hydrogens is 318 g/mol. The highest BCUT2D eigenvalue weighted by Crippen LogP contribution is 2.20. The fourth-order valence-corrected chi connectivity index (χ4v) is 3.63. The first-order valence-corrected chi connectivity index (χ1v) is 8.91. The Morgan fingerprint density at radius 2 is 1.88 bits per heavy atom. The van der Waals surface area contributed by atoms with Crippen LogP contribution in [0.4, 0.5) is 0 Å². The minimum Gasteiger partial charge on any atom is -0.368 e. The van der Waals surface area contributed by atoms with E-state index in [1.54, 1.807) is 0 Å². The Balaban J connectivity index is 1.41. The Labute approximate surface area is 146 Å². The third kappa shape index (κ3) is 3.14. The van der Waals surface area contributed by atoms with Gasteiger partial charge >= 0.3 is 0 Å². The van der Waals surface area contributed by atoms with Gasteiger partial charge in [-0.25, -0.2) is 0 Å². The number of carbonyl (C=O) groups is 2. The van der Waals surface area contributed by atoms with Gasteiger partial charge in [-0.05, 0) is 37.5 Å². The second-order valence-electron chi connectivity index (χ2n) is 6.89. The van der Waals surface area contributed by atoms with Crippen molar-refractivity contribution >= 4 is 22.7 Å². The van der Waals surface area contributed by atoms with E-state index in [-0.39, 0.29) is 17.9 Å². The van der Waals surface area contributed by atoms with E-state index in [0.717, 1.165) is 29.3 Å². The van der Waals surface area contributed by atoms with Crippen LogP contribution in [0.15, 0.2) is 24.3 Å². The van der Waals surface area contributed by atoms with Gasteiger partial charge in [-0.1, -0.05) is 12.1 Å². The van der Waals surface area contributed by atoms with E-state index in [9.17, 15) is 9.59 Å². The van der Waals surface area contributed by atoms with Crippen molar-refractivity contribution in [3.05, 3.63) is 35.5 Å². The van der Waals surface area contributed by atoms with Crippen LogP contribution in [0.3, 0.4) is 0 Å². The number of amides is 2. The lowest BCUT2D eigenvalue weighted by atomic mass is 10.2. The molecule has 1 aromatic heterocycles. The maximum Gasteiger partial charge on any atom is 0.270 e. The quantitative estimate of drug-likeness (QED) is 0.908. The molecule has 3 heterocycles. The molecule has 0 spiro atoms. The van der Waals surface area contributed by atoms with Gasteiger partial charge < -0.3 is 19.5 Å². The summed E-state index contributed by atoms with van der Waals surface area (Å²) in [6, 6.07) is 8.02. The van der Waals surface area contributed by atoms with Crippen molar-refractivity contribution in [1.82, 2.24) is 14.8 Å². The summed E-state index contributed by atoms with van der Waals surface area (Å²) in [5, 5.41) is 1.04. The lowest BCUT2D eigenvalue weighted by Crippen LogP contribution is -2.52. The molecule has 0 aliphatic carbocycles. The summed E-state index contributed by atoms with van der Waals surface area (Å²) in [6.07, 6.45) is 1.49. The lowest BCUT2D eigenvalue weighted by Gasteiger charge is -2.35. The number of benzene rings is 1. The summed E-state index contributed by atoms with van der Waals surface area (Å²) in [5.74, 6) is 0.0729. The highest BCUT2D eigenvalue weighted by Gasteiger charge is 2.31. The zero-order chi connectivity index (χ0) is 17.4. The van der Waals surface area contributed by atoms with Crippen molar-refractivity contribution in [3.63, 3.8) is 0 Å². The minimum atomic E-state index is -0.279. The summed E-state index contributed by atoms with van der Waals surface area (Å²) in [6.45, 7) is 4.98.